The molecule has 2 atom stereocenters. The summed E-state index contributed by atoms with van der Waals surface area (Å²) in [6.07, 6.45) is 7.11. The van der Waals surface area contributed by atoms with Gasteiger partial charge in [0.25, 0.3) is 0 Å². The van der Waals surface area contributed by atoms with Gasteiger partial charge >= 0.3 is 0 Å². The van der Waals surface area contributed by atoms with E-state index in [-0.39, 0.29) is 12.1 Å². The molecule has 2 N–H and O–H groups in total. The molecule has 1 heterocycles. The number of rotatable bonds is 11. The van der Waals surface area contributed by atoms with Gasteiger partial charge in [-0.25, -0.2) is 0 Å². The lowest BCUT2D eigenvalue weighted by Gasteiger charge is -2.33. The molecule has 1 aliphatic rings. The van der Waals surface area contributed by atoms with Crippen molar-refractivity contribution in [2.45, 2.75) is 64.0 Å². The van der Waals surface area contributed by atoms with Crippen molar-refractivity contribution >= 4 is 0 Å². The fraction of sp³-hybridized carbons (Fsp3) is 1.00. The molecular formula is C16H34N2O2. The average Bonchev–Trinajstić information content (AvgIpc) is 2.96. The van der Waals surface area contributed by atoms with Crippen LogP contribution in [-0.4, -0.2) is 61.5 Å². The molecule has 1 saturated heterocycles. The minimum Gasteiger partial charge on any atom is -0.394 e. The van der Waals surface area contributed by atoms with E-state index in [0.29, 0.717) is 6.10 Å². The minimum atomic E-state index is -0.0826. The summed E-state index contributed by atoms with van der Waals surface area (Å²) < 4.78 is 5.67. The van der Waals surface area contributed by atoms with E-state index in [0.717, 1.165) is 51.9 Å². The highest BCUT2D eigenvalue weighted by Gasteiger charge is 2.26. The predicted octanol–water partition coefficient (Wildman–Crippen LogP) is 2.02. The second-order valence-corrected chi connectivity index (χ2v) is 6.22. The summed E-state index contributed by atoms with van der Waals surface area (Å²) in [5.74, 6) is 0. The topological polar surface area (TPSA) is 44.7 Å². The van der Waals surface area contributed by atoms with Gasteiger partial charge < -0.3 is 20.1 Å². The quantitative estimate of drug-likeness (QED) is 0.610. The molecule has 2 unspecified atom stereocenters. The first-order valence-electron chi connectivity index (χ1n) is 8.32. The fourth-order valence-electron chi connectivity index (χ4n) is 2.94. The zero-order chi connectivity index (χ0) is 14.8. The van der Waals surface area contributed by atoms with Crippen molar-refractivity contribution < 1.29 is 9.84 Å². The number of aliphatic hydroxyl groups is 1. The molecule has 4 heteroatoms. The number of hydrogen-bond donors (Lipinski definition) is 2. The molecule has 1 aliphatic heterocycles. The number of nitrogens with one attached hydrogen (secondary N) is 1. The van der Waals surface area contributed by atoms with E-state index >= 15 is 0 Å². The Bertz CT molecular complexity index is 239. The van der Waals surface area contributed by atoms with Crippen LogP contribution in [0.15, 0.2) is 0 Å². The van der Waals surface area contributed by atoms with E-state index in [9.17, 15) is 5.11 Å². The van der Waals surface area contributed by atoms with Gasteiger partial charge in [0.15, 0.2) is 0 Å². The highest BCUT2D eigenvalue weighted by atomic mass is 16.5. The van der Waals surface area contributed by atoms with Crippen LogP contribution in [0.2, 0.25) is 0 Å². The van der Waals surface area contributed by atoms with E-state index < -0.39 is 0 Å². The Balaban J connectivity index is 2.24. The standard InChI is InChI=1S/C16H34N2O2/c1-4-10-17-16(5-2,14-19)9-7-11-18(3)13-15-8-6-12-20-15/h15,17,19H,4-14H2,1-3H3. The Labute approximate surface area is 124 Å². The molecule has 0 aromatic heterocycles. The van der Waals surface area contributed by atoms with Crippen LogP contribution >= 0.6 is 0 Å². The lowest BCUT2D eigenvalue weighted by Crippen LogP contribution is -2.48. The number of aliphatic hydroxyl groups excluding tert-OH is 1. The zero-order valence-electron chi connectivity index (χ0n) is 13.7. The minimum absolute atomic E-state index is 0.0826. The molecule has 0 spiro atoms. The van der Waals surface area contributed by atoms with Crippen LogP contribution in [-0.2, 0) is 4.74 Å². The molecule has 0 aliphatic carbocycles. The van der Waals surface area contributed by atoms with E-state index in [1.807, 2.05) is 0 Å². The number of nitrogens with zero attached hydrogens (tertiary/aromatic N) is 1. The Kier molecular flexibility index (Phi) is 8.69. The van der Waals surface area contributed by atoms with Crippen LogP contribution in [0.25, 0.3) is 0 Å². The van der Waals surface area contributed by atoms with Crippen molar-refractivity contribution in [3.05, 3.63) is 0 Å². The lowest BCUT2D eigenvalue weighted by atomic mass is 9.91. The zero-order valence-corrected chi connectivity index (χ0v) is 13.7. The van der Waals surface area contributed by atoms with Crippen molar-refractivity contribution in [1.29, 1.82) is 0 Å². The third kappa shape index (κ3) is 6.08. The highest BCUT2D eigenvalue weighted by molar-refractivity contribution is 4.86. The molecule has 0 aromatic rings. The molecule has 1 rings (SSSR count). The van der Waals surface area contributed by atoms with Gasteiger partial charge in [0.1, 0.15) is 0 Å². The van der Waals surface area contributed by atoms with Crippen LogP contribution in [0.5, 0.6) is 0 Å². The maximum Gasteiger partial charge on any atom is 0.0702 e. The van der Waals surface area contributed by atoms with Crippen molar-refractivity contribution in [3.63, 3.8) is 0 Å². The summed E-state index contributed by atoms with van der Waals surface area (Å²) in [4.78, 5) is 2.37. The van der Waals surface area contributed by atoms with Crippen LogP contribution < -0.4 is 5.32 Å². The second-order valence-electron chi connectivity index (χ2n) is 6.22. The smallest absolute Gasteiger partial charge is 0.0702 e. The second kappa shape index (κ2) is 9.72. The third-order valence-corrected chi connectivity index (χ3v) is 4.46. The normalized spacial score (nSPS) is 22.4. The number of hydrogen-bond acceptors (Lipinski definition) is 4. The molecule has 1 fully saturated rings. The van der Waals surface area contributed by atoms with E-state index in [1.54, 1.807) is 0 Å². The lowest BCUT2D eigenvalue weighted by molar-refractivity contribution is 0.0785. The number of ether oxygens (including phenoxy) is 1. The van der Waals surface area contributed by atoms with Crippen LogP contribution in [0.3, 0.4) is 0 Å². The molecule has 0 amide bonds. The first kappa shape index (κ1) is 17.9. The molecule has 0 bridgehead atoms. The van der Waals surface area contributed by atoms with Gasteiger partial charge in [-0.3, -0.25) is 0 Å². The van der Waals surface area contributed by atoms with E-state index in [1.165, 1.54) is 12.8 Å². The van der Waals surface area contributed by atoms with Crippen molar-refractivity contribution in [2.24, 2.45) is 0 Å². The summed E-state index contributed by atoms with van der Waals surface area (Å²) in [7, 11) is 2.17. The van der Waals surface area contributed by atoms with Gasteiger partial charge in [0.05, 0.1) is 12.7 Å². The Morgan fingerprint density at radius 3 is 2.75 bits per heavy atom. The van der Waals surface area contributed by atoms with Gasteiger partial charge in [0.2, 0.25) is 0 Å². The van der Waals surface area contributed by atoms with E-state index in [2.05, 4.69) is 31.1 Å². The maximum atomic E-state index is 9.70. The number of likely N-dealkylation sites (N-methyl/N-ethyl adjacent to an activating group) is 1. The Morgan fingerprint density at radius 1 is 1.40 bits per heavy atom. The molecule has 0 aromatic carbocycles. The largest absolute Gasteiger partial charge is 0.394 e. The van der Waals surface area contributed by atoms with Crippen molar-refractivity contribution in [2.75, 3.05) is 39.9 Å². The third-order valence-electron chi connectivity index (χ3n) is 4.46. The summed E-state index contributed by atoms with van der Waals surface area (Å²) in [5, 5.41) is 13.2. The molecule has 0 saturated carbocycles. The van der Waals surface area contributed by atoms with E-state index in [4.69, 9.17) is 4.74 Å². The van der Waals surface area contributed by atoms with Gasteiger partial charge in [0, 0.05) is 18.7 Å². The first-order chi connectivity index (χ1) is 9.65. The summed E-state index contributed by atoms with van der Waals surface area (Å²) in [5.41, 5.74) is -0.0826. The highest BCUT2D eigenvalue weighted by Crippen LogP contribution is 2.18. The average molecular weight is 286 g/mol. The van der Waals surface area contributed by atoms with Crippen LogP contribution in [0, 0.1) is 0 Å². The molecule has 4 nitrogen and oxygen atoms in total. The van der Waals surface area contributed by atoms with Crippen LogP contribution in [0.1, 0.15) is 52.4 Å². The first-order valence-corrected chi connectivity index (χ1v) is 8.32. The Hall–Kier alpha value is -0.160. The van der Waals surface area contributed by atoms with Gasteiger partial charge in [-0.2, -0.15) is 0 Å². The van der Waals surface area contributed by atoms with Gasteiger partial charge in [-0.15, -0.1) is 0 Å². The molecular weight excluding hydrogens is 252 g/mol. The predicted molar refractivity (Wildman–Crippen MR) is 84.1 cm³/mol. The van der Waals surface area contributed by atoms with Crippen molar-refractivity contribution in [1.82, 2.24) is 10.2 Å². The summed E-state index contributed by atoms with van der Waals surface area (Å²) >= 11 is 0. The SMILES string of the molecule is CCCNC(CC)(CO)CCCN(C)CC1CCCO1. The summed E-state index contributed by atoms with van der Waals surface area (Å²) in [6.45, 7) is 8.60. The van der Waals surface area contributed by atoms with Crippen molar-refractivity contribution in [3.8, 4) is 0 Å². The monoisotopic (exact) mass is 286 g/mol. The maximum absolute atomic E-state index is 9.70. The van der Waals surface area contributed by atoms with Crippen LogP contribution in [0.4, 0.5) is 0 Å². The van der Waals surface area contributed by atoms with Gasteiger partial charge in [-0.1, -0.05) is 13.8 Å². The Morgan fingerprint density at radius 2 is 2.20 bits per heavy atom. The van der Waals surface area contributed by atoms with Gasteiger partial charge in [-0.05, 0) is 58.7 Å². The molecule has 0 radical (unpaired) electrons. The molecule has 20 heavy (non-hydrogen) atoms. The summed E-state index contributed by atoms with van der Waals surface area (Å²) in [6, 6.07) is 0. The molecule has 120 valence electrons. The fourth-order valence-corrected chi connectivity index (χ4v) is 2.94.